The third kappa shape index (κ3) is 4.57. The first-order valence-corrected chi connectivity index (χ1v) is 11.1. The quantitative estimate of drug-likeness (QED) is 0.802. The molecule has 0 atom stereocenters. The highest BCUT2D eigenvalue weighted by Crippen LogP contribution is 2.28. The summed E-state index contributed by atoms with van der Waals surface area (Å²) in [6, 6.07) is 8.16. The van der Waals surface area contributed by atoms with Crippen molar-refractivity contribution in [3.05, 3.63) is 35.4 Å². The monoisotopic (exact) mass is 383 g/mol. The number of benzene rings is 1. The van der Waals surface area contributed by atoms with E-state index in [0.717, 1.165) is 44.5 Å². The predicted molar refractivity (Wildman–Crippen MR) is 110 cm³/mol. The smallest absolute Gasteiger partial charge is 0.253 e. The van der Waals surface area contributed by atoms with Crippen molar-refractivity contribution in [1.82, 2.24) is 14.7 Å². The highest BCUT2D eigenvalue weighted by atomic mass is 16.2. The Morgan fingerprint density at radius 1 is 0.750 bits per heavy atom. The van der Waals surface area contributed by atoms with Gasteiger partial charge in [0, 0.05) is 44.2 Å². The van der Waals surface area contributed by atoms with Crippen LogP contribution in [0.2, 0.25) is 0 Å². The van der Waals surface area contributed by atoms with Gasteiger partial charge in [0.2, 0.25) is 5.91 Å². The summed E-state index contributed by atoms with van der Waals surface area (Å²) >= 11 is 0. The number of carbonyl (C=O) groups excluding carboxylic acids is 2. The molecule has 5 heteroatoms. The van der Waals surface area contributed by atoms with Gasteiger partial charge in [-0.25, -0.2) is 0 Å². The zero-order valence-electron chi connectivity index (χ0n) is 16.9. The summed E-state index contributed by atoms with van der Waals surface area (Å²) in [6.07, 6.45) is 8.09. The lowest BCUT2D eigenvalue weighted by Gasteiger charge is -2.31. The van der Waals surface area contributed by atoms with Crippen LogP contribution in [0.3, 0.4) is 0 Å². The summed E-state index contributed by atoms with van der Waals surface area (Å²) < 4.78 is 0. The molecule has 2 heterocycles. The largest absolute Gasteiger partial charge is 0.341 e. The Kier molecular flexibility index (Phi) is 6.30. The summed E-state index contributed by atoms with van der Waals surface area (Å²) in [5.41, 5.74) is 2.05. The number of amides is 2. The predicted octanol–water partition coefficient (Wildman–Crippen LogP) is 3.15. The van der Waals surface area contributed by atoms with E-state index in [0.29, 0.717) is 19.0 Å². The number of piperidine rings is 1. The van der Waals surface area contributed by atoms with E-state index >= 15 is 0 Å². The van der Waals surface area contributed by atoms with E-state index in [2.05, 4.69) is 17.0 Å². The van der Waals surface area contributed by atoms with E-state index in [1.807, 2.05) is 21.9 Å². The van der Waals surface area contributed by atoms with Crippen LogP contribution in [-0.4, -0.2) is 65.8 Å². The Balaban J connectivity index is 1.31. The van der Waals surface area contributed by atoms with Gasteiger partial charge in [0.05, 0.1) is 0 Å². The molecule has 1 aromatic carbocycles. The number of hydrogen-bond acceptors (Lipinski definition) is 3. The molecule has 2 saturated heterocycles. The summed E-state index contributed by atoms with van der Waals surface area (Å²) in [4.78, 5) is 31.9. The highest BCUT2D eigenvalue weighted by molar-refractivity contribution is 5.94. The van der Waals surface area contributed by atoms with E-state index in [1.165, 1.54) is 44.3 Å². The molecule has 2 aliphatic heterocycles. The van der Waals surface area contributed by atoms with Crippen molar-refractivity contribution in [1.29, 1.82) is 0 Å². The van der Waals surface area contributed by atoms with Gasteiger partial charge in [0.1, 0.15) is 0 Å². The van der Waals surface area contributed by atoms with E-state index in [4.69, 9.17) is 0 Å². The average molecular weight is 384 g/mol. The average Bonchev–Trinajstić information content (AvgIpc) is 2.94. The maximum absolute atomic E-state index is 12.9. The zero-order chi connectivity index (χ0) is 19.3. The van der Waals surface area contributed by atoms with Crippen LogP contribution in [0.15, 0.2) is 24.3 Å². The van der Waals surface area contributed by atoms with Crippen molar-refractivity contribution in [3.8, 4) is 0 Å². The maximum atomic E-state index is 12.9. The second kappa shape index (κ2) is 9.08. The fourth-order valence-corrected chi connectivity index (χ4v) is 4.57. The number of rotatable bonds is 4. The molecule has 0 radical (unpaired) electrons. The van der Waals surface area contributed by atoms with Gasteiger partial charge < -0.3 is 9.80 Å². The molecule has 1 saturated carbocycles. The molecule has 28 heavy (non-hydrogen) atoms. The summed E-state index contributed by atoms with van der Waals surface area (Å²) in [7, 11) is 0. The second-order valence-electron chi connectivity index (χ2n) is 8.63. The normalized spacial score (nSPS) is 21.9. The van der Waals surface area contributed by atoms with Gasteiger partial charge in [-0.3, -0.25) is 14.5 Å². The van der Waals surface area contributed by atoms with E-state index in [-0.39, 0.29) is 11.8 Å². The highest BCUT2D eigenvalue weighted by Gasteiger charge is 2.31. The third-order valence-electron chi connectivity index (χ3n) is 6.60. The molecule has 0 spiro atoms. The van der Waals surface area contributed by atoms with Gasteiger partial charge in [-0.15, -0.1) is 0 Å². The van der Waals surface area contributed by atoms with Crippen LogP contribution in [0.5, 0.6) is 0 Å². The Morgan fingerprint density at radius 2 is 1.43 bits per heavy atom. The van der Waals surface area contributed by atoms with Crippen molar-refractivity contribution in [2.75, 3.05) is 39.3 Å². The lowest BCUT2D eigenvalue weighted by molar-refractivity contribution is -0.138. The molecule has 152 valence electrons. The molecule has 1 aliphatic carbocycles. The SMILES string of the molecule is O=C(c1ccc(CN2CCCCC2)cc1)N1CCCN(C(=O)C2CCC2)CC1. The molecule has 3 fully saturated rings. The lowest BCUT2D eigenvalue weighted by Crippen LogP contribution is -2.41. The Bertz CT molecular complexity index is 678. The molecule has 0 aromatic heterocycles. The maximum Gasteiger partial charge on any atom is 0.253 e. The van der Waals surface area contributed by atoms with Crippen molar-refractivity contribution >= 4 is 11.8 Å². The van der Waals surface area contributed by atoms with Gasteiger partial charge in [-0.05, 0) is 62.9 Å². The Hall–Kier alpha value is -1.88. The van der Waals surface area contributed by atoms with Gasteiger partial charge in [-0.2, -0.15) is 0 Å². The van der Waals surface area contributed by atoms with Crippen molar-refractivity contribution < 1.29 is 9.59 Å². The van der Waals surface area contributed by atoms with Crippen LogP contribution < -0.4 is 0 Å². The molecular weight excluding hydrogens is 350 g/mol. The van der Waals surface area contributed by atoms with Gasteiger partial charge >= 0.3 is 0 Å². The minimum absolute atomic E-state index is 0.0995. The minimum atomic E-state index is 0.0995. The van der Waals surface area contributed by atoms with Crippen LogP contribution in [-0.2, 0) is 11.3 Å². The van der Waals surface area contributed by atoms with Crippen LogP contribution in [0.1, 0.15) is 60.9 Å². The van der Waals surface area contributed by atoms with Crippen molar-refractivity contribution in [2.45, 2.75) is 51.5 Å². The number of hydrogen-bond donors (Lipinski definition) is 0. The van der Waals surface area contributed by atoms with E-state index < -0.39 is 0 Å². The van der Waals surface area contributed by atoms with Crippen LogP contribution in [0.25, 0.3) is 0 Å². The molecule has 0 unspecified atom stereocenters. The van der Waals surface area contributed by atoms with Crippen LogP contribution in [0.4, 0.5) is 0 Å². The molecule has 0 bridgehead atoms. The van der Waals surface area contributed by atoms with Gasteiger partial charge in [-0.1, -0.05) is 25.0 Å². The topological polar surface area (TPSA) is 43.9 Å². The molecule has 2 amide bonds. The molecular formula is C23H33N3O2. The van der Waals surface area contributed by atoms with Crippen molar-refractivity contribution in [2.24, 2.45) is 5.92 Å². The summed E-state index contributed by atoms with van der Waals surface area (Å²) in [6.45, 7) is 6.20. The molecule has 1 aromatic rings. The molecule has 3 aliphatic rings. The van der Waals surface area contributed by atoms with Gasteiger partial charge in [0.15, 0.2) is 0 Å². The number of carbonyl (C=O) groups is 2. The summed E-state index contributed by atoms with van der Waals surface area (Å²) in [5.74, 6) is 0.653. The van der Waals surface area contributed by atoms with Crippen molar-refractivity contribution in [3.63, 3.8) is 0 Å². The molecule has 5 nitrogen and oxygen atoms in total. The first-order valence-electron chi connectivity index (χ1n) is 11.1. The van der Waals surface area contributed by atoms with E-state index in [9.17, 15) is 9.59 Å². The van der Waals surface area contributed by atoms with E-state index in [1.54, 1.807) is 0 Å². The Morgan fingerprint density at radius 3 is 2.11 bits per heavy atom. The molecule has 0 N–H and O–H groups in total. The number of nitrogens with zero attached hydrogens (tertiary/aromatic N) is 3. The first-order chi connectivity index (χ1) is 13.7. The fraction of sp³-hybridized carbons (Fsp3) is 0.652. The lowest BCUT2D eigenvalue weighted by atomic mass is 9.84. The van der Waals surface area contributed by atoms with Crippen LogP contribution in [0, 0.1) is 5.92 Å². The first kappa shape index (κ1) is 19.4. The minimum Gasteiger partial charge on any atom is -0.341 e. The zero-order valence-corrected chi connectivity index (χ0v) is 16.9. The second-order valence-corrected chi connectivity index (χ2v) is 8.63. The fourth-order valence-electron chi connectivity index (χ4n) is 4.57. The standard InChI is InChI=1S/C23H33N3O2/c27-22(20-6-4-7-20)25-14-5-15-26(17-16-25)23(28)21-10-8-19(9-11-21)18-24-12-2-1-3-13-24/h8-11,20H,1-7,12-18H2. The Labute approximate surface area is 168 Å². The number of likely N-dealkylation sites (tertiary alicyclic amines) is 1. The van der Waals surface area contributed by atoms with Gasteiger partial charge in [0.25, 0.3) is 5.91 Å². The third-order valence-corrected chi connectivity index (χ3v) is 6.60. The molecule has 4 rings (SSSR count). The summed E-state index contributed by atoms with van der Waals surface area (Å²) in [5, 5.41) is 0. The van der Waals surface area contributed by atoms with Crippen LogP contribution >= 0.6 is 0 Å².